The molecule has 1 aromatic carbocycles. The predicted molar refractivity (Wildman–Crippen MR) is 94.5 cm³/mol. The van der Waals surface area contributed by atoms with Gasteiger partial charge in [0.1, 0.15) is 0 Å². The van der Waals surface area contributed by atoms with Crippen molar-refractivity contribution in [2.45, 2.75) is 24.8 Å². The zero-order valence-corrected chi connectivity index (χ0v) is 15.2. The van der Waals surface area contributed by atoms with Crippen LogP contribution in [-0.2, 0) is 21.9 Å². The summed E-state index contributed by atoms with van der Waals surface area (Å²) in [6.07, 6.45) is 4.26. The first-order valence-corrected chi connectivity index (χ1v) is 9.66. The quantitative estimate of drug-likeness (QED) is 0.898. The summed E-state index contributed by atoms with van der Waals surface area (Å²) < 4.78 is 28.3. The van der Waals surface area contributed by atoms with Crippen molar-refractivity contribution in [2.75, 3.05) is 18.4 Å². The highest BCUT2D eigenvalue weighted by molar-refractivity contribution is 7.89. The van der Waals surface area contributed by atoms with Crippen molar-refractivity contribution in [1.82, 2.24) is 13.9 Å². The van der Waals surface area contributed by atoms with Crippen LogP contribution >= 0.6 is 0 Å². The third-order valence-electron chi connectivity index (χ3n) is 4.36. The van der Waals surface area contributed by atoms with Crippen LogP contribution in [-0.4, -0.2) is 41.3 Å². The van der Waals surface area contributed by atoms with E-state index >= 15 is 0 Å². The lowest BCUT2D eigenvalue weighted by molar-refractivity contribution is -0.120. The number of anilines is 1. The van der Waals surface area contributed by atoms with E-state index < -0.39 is 10.0 Å². The van der Waals surface area contributed by atoms with Crippen LogP contribution in [0.4, 0.5) is 5.69 Å². The van der Waals surface area contributed by atoms with Gasteiger partial charge in [0.05, 0.1) is 12.2 Å². The van der Waals surface area contributed by atoms with Gasteiger partial charge in [0.25, 0.3) is 10.0 Å². The molecular formula is C17H22N4O3S. The second kappa shape index (κ2) is 6.97. The van der Waals surface area contributed by atoms with Crippen LogP contribution in [0.1, 0.15) is 18.4 Å². The molecule has 0 bridgehead atoms. The van der Waals surface area contributed by atoms with Crippen molar-refractivity contribution >= 4 is 21.6 Å². The summed E-state index contributed by atoms with van der Waals surface area (Å²) in [5.74, 6) is -0.515. The minimum atomic E-state index is -3.66. The standard InChI is InChI=1S/C17H22N4O3S/c1-13-5-7-15(8-6-13)19-17(22)14-4-3-9-21(10-14)25(23,24)16-11-20(2)12-18-16/h5-8,11-12,14H,3-4,9-10H2,1-2H3,(H,19,22)/t14-/m1/s1. The van der Waals surface area contributed by atoms with E-state index in [-0.39, 0.29) is 23.4 Å². The molecule has 8 heteroatoms. The Morgan fingerprint density at radius 2 is 2.00 bits per heavy atom. The highest BCUT2D eigenvalue weighted by atomic mass is 32.2. The Labute approximate surface area is 147 Å². The van der Waals surface area contributed by atoms with Crippen molar-refractivity contribution in [1.29, 1.82) is 0 Å². The molecule has 1 fully saturated rings. The van der Waals surface area contributed by atoms with Crippen LogP contribution < -0.4 is 5.32 Å². The van der Waals surface area contributed by atoms with Gasteiger partial charge in [-0.2, -0.15) is 4.31 Å². The number of benzene rings is 1. The molecule has 1 saturated heterocycles. The van der Waals surface area contributed by atoms with Crippen LogP contribution in [0.15, 0.2) is 41.8 Å². The monoisotopic (exact) mass is 362 g/mol. The molecule has 2 heterocycles. The topological polar surface area (TPSA) is 84.3 Å². The van der Waals surface area contributed by atoms with Crippen LogP contribution in [0.2, 0.25) is 0 Å². The lowest BCUT2D eigenvalue weighted by atomic mass is 9.98. The van der Waals surface area contributed by atoms with Crippen LogP contribution in [0.5, 0.6) is 0 Å². The molecule has 0 saturated carbocycles. The van der Waals surface area contributed by atoms with Crippen LogP contribution in [0.3, 0.4) is 0 Å². The van der Waals surface area contributed by atoms with Gasteiger partial charge in [-0.3, -0.25) is 4.79 Å². The fourth-order valence-electron chi connectivity index (χ4n) is 2.91. The van der Waals surface area contributed by atoms with Gasteiger partial charge in [-0.15, -0.1) is 0 Å². The molecule has 0 unspecified atom stereocenters. The lowest BCUT2D eigenvalue weighted by Gasteiger charge is -2.30. The fourth-order valence-corrected chi connectivity index (χ4v) is 4.40. The van der Waals surface area contributed by atoms with E-state index in [0.29, 0.717) is 19.4 Å². The van der Waals surface area contributed by atoms with Gasteiger partial charge in [-0.25, -0.2) is 13.4 Å². The number of carbonyl (C=O) groups is 1. The Kier molecular flexibility index (Phi) is 4.91. The molecule has 3 rings (SSSR count). The van der Waals surface area contributed by atoms with Crippen molar-refractivity contribution < 1.29 is 13.2 Å². The molecule has 134 valence electrons. The number of nitrogens with zero attached hydrogens (tertiary/aromatic N) is 3. The largest absolute Gasteiger partial charge is 0.339 e. The van der Waals surface area contributed by atoms with Gasteiger partial charge in [0, 0.05) is 32.0 Å². The molecule has 1 N–H and O–H groups in total. The molecule has 2 aromatic rings. The Balaban J connectivity index is 1.70. The number of aromatic nitrogens is 2. The second-order valence-electron chi connectivity index (χ2n) is 6.43. The van der Waals surface area contributed by atoms with Gasteiger partial charge in [0.15, 0.2) is 5.03 Å². The molecule has 7 nitrogen and oxygen atoms in total. The molecule has 1 aliphatic heterocycles. The average molecular weight is 362 g/mol. The maximum atomic E-state index is 12.7. The summed E-state index contributed by atoms with van der Waals surface area (Å²) in [4.78, 5) is 16.5. The van der Waals surface area contributed by atoms with Crippen molar-refractivity contribution in [2.24, 2.45) is 13.0 Å². The Morgan fingerprint density at radius 1 is 1.28 bits per heavy atom. The third-order valence-corrected chi connectivity index (χ3v) is 6.11. The zero-order chi connectivity index (χ0) is 18.0. The molecule has 0 aliphatic carbocycles. The Hall–Kier alpha value is -2.19. The van der Waals surface area contributed by atoms with Gasteiger partial charge in [-0.05, 0) is 31.9 Å². The first-order chi connectivity index (χ1) is 11.9. The first kappa shape index (κ1) is 17.6. The van der Waals surface area contributed by atoms with Gasteiger partial charge >= 0.3 is 0 Å². The average Bonchev–Trinajstić information content (AvgIpc) is 3.04. The molecule has 25 heavy (non-hydrogen) atoms. The smallest absolute Gasteiger partial charge is 0.262 e. The summed E-state index contributed by atoms with van der Waals surface area (Å²) in [6, 6.07) is 7.54. The highest BCUT2D eigenvalue weighted by Gasteiger charge is 2.34. The number of sulfonamides is 1. The number of amides is 1. The minimum absolute atomic E-state index is 0.0228. The predicted octanol–water partition coefficient (Wildman–Crippen LogP) is 1.77. The summed E-state index contributed by atoms with van der Waals surface area (Å²) in [5, 5.41) is 2.90. The van der Waals surface area contributed by atoms with E-state index in [1.165, 1.54) is 16.8 Å². The Morgan fingerprint density at radius 3 is 2.64 bits per heavy atom. The first-order valence-electron chi connectivity index (χ1n) is 8.22. The van der Waals surface area contributed by atoms with Crippen LogP contribution in [0, 0.1) is 12.8 Å². The van der Waals surface area contributed by atoms with E-state index in [1.54, 1.807) is 11.6 Å². The molecule has 0 spiro atoms. The van der Waals surface area contributed by atoms with E-state index in [4.69, 9.17) is 0 Å². The number of hydrogen-bond donors (Lipinski definition) is 1. The minimum Gasteiger partial charge on any atom is -0.339 e. The van der Waals surface area contributed by atoms with Crippen molar-refractivity contribution in [3.63, 3.8) is 0 Å². The van der Waals surface area contributed by atoms with E-state index in [9.17, 15) is 13.2 Å². The van der Waals surface area contributed by atoms with Gasteiger partial charge in [0.2, 0.25) is 5.91 Å². The van der Waals surface area contributed by atoms with Crippen molar-refractivity contribution in [3.8, 4) is 0 Å². The van der Waals surface area contributed by atoms with E-state index in [0.717, 1.165) is 11.3 Å². The van der Waals surface area contributed by atoms with Crippen LogP contribution in [0.25, 0.3) is 0 Å². The molecule has 1 amide bonds. The molecular weight excluding hydrogens is 340 g/mol. The molecule has 0 radical (unpaired) electrons. The maximum absolute atomic E-state index is 12.7. The maximum Gasteiger partial charge on any atom is 0.262 e. The van der Waals surface area contributed by atoms with E-state index in [1.807, 2.05) is 31.2 Å². The summed E-state index contributed by atoms with van der Waals surface area (Å²) in [5.41, 5.74) is 1.84. The number of hydrogen-bond acceptors (Lipinski definition) is 4. The zero-order valence-electron chi connectivity index (χ0n) is 14.3. The fraction of sp³-hybridized carbons (Fsp3) is 0.412. The summed E-state index contributed by atoms with van der Waals surface area (Å²) in [7, 11) is -1.94. The summed E-state index contributed by atoms with van der Waals surface area (Å²) >= 11 is 0. The van der Waals surface area contributed by atoms with Gasteiger partial charge in [-0.1, -0.05) is 17.7 Å². The third kappa shape index (κ3) is 3.91. The van der Waals surface area contributed by atoms with Crippen molar-refractivity contribution in [3.05, 3.63) is 42.4 Å². The number of carbonyl (C=O) groups excluding carboxylic acids is 1. The van der Waals surface area contributed by atoms with E-state index in [2.05, 4.69) is 10.3 Å². The number of aryl methyl sites for hydroxylation is 2. The van der Waals surface area contributed by atoms with Gasteiger partial charge < -0.3 is 9.88 Å². The number of nitrogens with one attached hydrogen (secondary N) is 1. The molecule has 1 aromatic heterocycles. The summed E-state index contributed by atoms with van der Waals surface area (Å²) in [6.45, 7) is 2.57. The Bertz CT molecular complexity index is 858. The molecule has 1 aliphatic rings. The lowest BCUT2D eigenvalue weighted by Crippen LogP contribution is -2.43. The number of rotatable bonds is 4. The number of imidazole rings is 1. The number of piperidine rings is 1. The second-order valence-corrected chi connectivity index (χ2v) is 8.32. The SMILES string of the molecule is Cc1ccc(NC(=O)[C@@H]2CCCN(S(=O)(=O)c3cn(C)cn3)C2)cc1. The highest BCUT2D eigenvalue weighted by Crippen LogP contribution is 2.24. The normalized spacial score (nSPS) is 18.9. The molecule has 1 atom stereocenters.